The van der Waals surface area contributed by atoms with Gasteiger partial charge in [-0.3, -0.25) is 9.11 Å². The molecule has 17 heteroatoms. The molecule has 0 radical (unpaired) electrons. The fourth-order valence-corrected chi connectivity index (χ4v) is 5.42. The number of nitrogens with one attached hydrogen (secondary N) is 2. The SMILES string of the molecule is CCl.CCl.NS(=O)(=O)O.O=S(=O)(O)N[C@H]1C[C@@H](n2ccc3c(N[C@H]4CCc5ccccc54)ncnc32)C[C@@H]1O. The van der Waals surface area contributed by atoms with Crippen molar-refractivity contribution in [2.24, 2.45) is 5.14 Å². The number of aliphatic hydroxyl groups excluding tert-OH is 1. The molecule has 0 unspecified atom stereocenters. The van der Waals surface area contributed by atoms with E-state index in [2.05, 4.69) is 66.5 Å². The van der Waals surface area contributed by atoms with Crippen LogP contribution in [0.3, 0.4) is 0 Å². The van der Waals surface area contributed by atoms with Crippen molar-refractivity contribution in [3.05, 3.63) is 54.0 Å². The Bertz CT molecular complexity index is 1430. The third-order valence-electron chi connectivity index (χ3n) is 6.15. The maximum absolute atomic E-state index is 11.1. The molecule has 2 aromatic heterocycles. The van der Waals surface area contributed by atoms with Crippen LogP contribution in [0.1, 0.15) is 42.5 Å². The molecule has 4 atom stereocenters. The summed E-state index contributed by atoms with van der Waals surface area (Å²) < 4.78 is 60.5. The van der Waals surface area contributed by atoms with Gasteiger partial charge in [0.1, 0.15) is 17.8 Å². The zero-order valence-electron chi connectivity index (χ0n) is 21.1. The van der Waals surface area contributed by atoms with Crippen LogP contribution in [-0.4, -0.2) is 70.5 Å². The maximum atomic E-state index is 11.1. The Morgan fingerprint density at radius 1 is 1.03 bits per heavy atom. The number of benzene rings is 1. The molecule has 1 fully saturated rings. The molecule has 0 aliphatic heterocycles. The lowest BCUT2D eigenvalue weighted by Crippen LogP contribution is -2.39. The number of nitrogens with two attached hydrogens (primary N) is 1. The van der Waals surface area contributed by atoms with E-state index in [1.165, 1.54) is 30.2 Å². The smallest absolute Gasteiger partial charge is 0.333 e. The number of alkyl halides is 2. The Hall–Kier alpha value is -2.08. The molecular formula is C22H32Cl2N6O7S2. The molecule has 7 N–H and O–H groups in total. The van der Waals surface area contributed by atoms with Crippen LogP contribution in [0.4, 0.5) is 5.82 Å². The van der Waals surface area contributed by atoms with Crippen molar-refractivity contribution in [2.75, 3.05) is 18.1 Å². The van der Waals surface area contributed by atoms with Gasteiger partial charge >= 0.3 is 20.6 Å². The molecular weight excluding hydrogens is 595 g/mol. The summed E-state index contributed by atoms with van der Waals surface area (Å²) in [5.41, 5.74) is 3.38. The maximum Gasteiger partial charge on any atom is 0.333 e. The van der Waals surface area contributed by atoms with Crippen LogP contribution in [-0.2, 0) is 27.0 Å². The van der Waals surface area contributed by atoms with Crippen LogP contribution in [0.15, 0.2) is 42.9 Å². The minimum atomic E-state index is -4.37. The fraction of sp³-hybridized carbons (Fsp3) is 0.455. The largest absolute Gasteiger partial charge is 0.391 e. The lowest BCUT2D eigenvalue weighted by molar-refractivity contribution is 0.155. The van der Waals surface area contributed by atoms with Gasteiger partial charge in [-0.05, 0) is 42.9 Å². The molecule has 2 aliphatic carbocycles. The summed E-state index contributed by atoms with van der Waals surface area (Å²) in [7, 11) is -8.54. The molecule has 39 heavy (non-hydrogen) atoms. The van der Waals surface area contributed by atoms with Crippen molar-refractivity contribution in [3.63, 3.8) is 0 Å². The summed E-state index contributed by atoms with van der Waals surface area (Å²) in [5.74, 6) is 0.756. The summed E-state index contributed by atoms with van der Waals surface area (Å²) in [6, 6.07) is 9.66. The lowest BCUT2D eigenvalue weighted by Gasteiger charge is -2.16. The standard InChI is InChI=1S/C20H23N5O4S.2CH3Cl.H3NO3S/c26-18-10-13(9-17(18)24-30(27,28)29)25-8-7-15-19(21-11-22-20(15)25)23-16-6-5-12-3-1-2-4-14(12)16;2*1-2;1-5(2,3)4/h1-4,7-8,11,13,16-18,24,26H,5-6,9-10H2,(H,21,22,23)(H,27,28,29);2*1H3;(H3,1,2,3,4)/t13-,16+,17+,18+;;;/m1.../s1. The third-order valence-corrected chi connectivity index (χ3v) is 6.75. The van der Waals surface area contributed by atoms with E-state index in [1.807, 2.05) is 22.9 Å². The van der Waals surface area contributed by atoms with Crippen molar-refractivity contribution < 1.29 is 31.0 Å². The van der Waals surface area contributed by atoms with E-state index in [-0.39, 0.29) is 12.1 Å². The monoisotopic (exact) mass is 626 g/mol. The van der Waals surface area contributed by atoms with E-state index in [9.17, 15) is 13.5 Å². The van der Waals surface area contributed by atoms with Crippen LogP contribution < -0.4 is 15.2 Å². The molecule has 5 rings (SSSR count). The lowest BCUT2D eigenvalue weighted by atomic mass is 10.1. The highest BCUT2D eigenvalue weighted by Gasteiger charge is 2.36. The van der Waals surface area contributed by atoms with Crippen molar-refractivity contribution in [3.8, 4) is 0 Å². The van der Waals surface area contributed by atoms with E-state index in [0.717, 1.165) is 29.7 Å². The van der Waals surface area contributed by atoms with Crippen LogP contribution >= 0.6 is 23.2 Å². The van der Waals surface area contributed by atoms with Gasteiger partial charge in [-0.1, -0.05) is 24.3 Å². The first-order valence-electron chi connectivity index (χ1n) is 11.5. The van der Waals surface area contributed by atoms with Crippen molar-refractivity contribution in [1.82, 2.24) is 19.3 Å². The fourth-order valence-electron chi connectivity index (χ4n) is 4.79. The number of rotatable bonds is 5. The number of aliphatic hydroxyl groups is 1. The second-order valence-corrected chi connectivity index (χ2v) is 10.7. The van der Waals surface area contributed by atoms with Crippen LogP contribution in [0.25, 0.3) is 11.0 Å². The quantitative estimate of drug-likeness (QED) is 0.180. The predicted octanol–water partition coefficient (Wildman–Crippen LogP) is 2.45. The van der Waals surface area contributed by atoms with E-state index < -0.39 is 32.8 Å². The third kappa shape index (κ3) is 9.51. The van der Waals surface area contributed by atoms with Crippen molar-refractivity contribution >= 4 is 60.7 Å². The van der Waals surface area contributed by atoms with Gasteiger partial charge in [0.15, 0.2) is 0 Å². The number of fused-ring (bicyclic) bond motifs is 2. The van der Waals surface area contributed by atoms with Gasteiger partial charge in [-0.15, -0.1) is 23.2 Å². The summed E-state index contributed by atoms with van der Waals surface area (Å²) in [6.45, 7) is 0. The second kappa shape index (κ2) is 14.5. The zero-order valence-corrected chi connectivity index (χ0v) is 24.3. The molecule has 2 heterocycles. The summed E-state index contributed by atoms with van der Waals surface area (Å²) >= 11 is 9.28. The first kappa shape index (κ1) is 33.1. The minimum Gasteiger partial charge on any atom is -0.391 e. The Kier molecular flexibility index (Phi) is 12.3. The van der Waals surface area contributed by atoms with Gasteiger partial charge in [-0.2, -0.15) is 21.6 Å². The average molecular weight is 628 g/mol. The molecule has 3 aromatic rings. The first-order valence-corrected chi connectivity index (χ1v) is 15.9. The highest BCUT2D eigenvalue weighted by molar-refractivity contribution is 7.83. The summed E-state index contributed by atoms with van der Waals surface area (Å²) in [4.78, 5) is 8.88. The molecule has 0 bridgehead atoms. The Morgan fingerprint density at radius 3 is 2.31 bits per heavy atom. The van der Waals surface area contributed by atoms with E-state index >= 15 is 0 Å². The number of nitrogens with zero attached hydrogens (tertiary/aromatic N) is 3. The van der Waals surface area contributed by atoms with E-state index in [4.69, 9.17) is 17.5 Å². The van der Waals surface area contributed by atoms with Gasteiger partial charge < -0.3 is 15.0 Å². The van der Waals surface area contributed by atoms with Gasteiger partial charge in [0, 0.05) is 25.0 Å². The molecule has 0 amide bonds. The zero-order chi connectivity index (χ0) is 29.4. The highest BCUT2D eigenvalue weighted by atomic mass is 35.5. The van der Waals surface area contributed by atoms with Gasteiger partial charge in [0.05, 0.1) is 23.6 Å². The number of anilines is 1. The summed E-state index contributed by atoms with van der Waals surface area (Å²) in [6.07, 6.45) is 8.22. The van der Waals surface area contributed by atoms with Gasteiger partial charge in [0.25, 0.3) is 0 Å². The first-order chi connectivity index (χ1) is 18.4. The molecule has 2 aliphatic rings. The topological polar surface area (TPSA) is 210 Å². The van der Waals surface area contributed by atoms with Crippen LogP contribution in [0.2, 0.25) is 0 Å². The Morgan fingerprint density at radius 2 is 1.67 bits per heavy atom. The van der Waals surface area contributed by atoms with E-state index in [1.54, 1.807) is 0 Å². The van der Waals surface area contributed by atoms with Gasteiger partial charge in [0.2, 0.25) is 0 Å². The number of aromatic nitrogens is 3. The number of hydrogen-bond donors (Lipinski definition) is 6. The van der Waals surface area contributed by atoms with Gasteiger partial charge in [-0.25, -0.2) is 15.1 Å². The molecule has 218 valence electrons. The minimum absolute atomic E-state index is 0.147. The van der Waals surface area contributed by atoms with E-state index in [0.29, 0.717) is 12.8 Å². The summed E-state index contributed by atoms with van der Waals surface area (Å²) in [5, 5.41) is 18.5. The molecule has 1 saturated carbocycles. The van der Waals surface area contributed by atoms with Crippen molar-refractivity contribution in [2.45, 2.75) is 49.9 Å². The van der Waals surface area contributed by atoms with Crippen LogP contribution in [0, 0.1) is 0 Å². The molecule has 1 aromatic carbocycles. The number of aryl methyl sites for hydroxylation is 1. The molecule has 13 nitrogen and oxygen atoms in total. The second-order valence-electron chi connectivity index (χ2n) is 8.52. The van der Waals surface area contributed by atoms with Crippen molar-refractivity contribution in [1.29, 1.82) is 0 Å². The van der Waals surface area contributed by atoms with Crippen LogP contribution in [0.5, 0.6) is 0 Å². The normalized spacial score (nSPS) is 21.9. The average Bonchev–Trinajstić information content (AvgIpc) is 3.58. The predicted molar refractivity (Wildman–Crippen MR) is 151 cm³/mol. The molecule has 0 spiro atoms. The Labute approximate surface area is 237 Å². The molecule has 0 saturated heterocycles. The highest BCUT2D eigenvalue weighted by Crippen LogP contribution is 2.37. The number of halogens is 2. The number of hydrogen-bond acceptors (Lipinski definition) is 8. The Balaban J connectivity index is 0.000000527.